The molecular weight excluding hydrogens is 392 g/mol. The van der Waals surface area contributed by atoms with Gasteiger partial charge in [0.05, 0.1) is 6.04 Å². The van der Waals surface area contributed by atoms with Crippen molar-refractivity contribution in [3.63, 3.8) is 0 Å². The summed E-state index contributed by atoms with van der Waals surface area (Å²) in [4.78, 5) is 11.2. The fourth-order valence-corrected chi connectivity index (χ4v) is 3.48. The highest BCUT2D eigenvalue weighted by molar-refractivity contribution is 7.99. The van der Waals surface area contributed by atoms with E-state index in [2.05, 4.69) is 52.3 Å². The minimum atomic E-state index is -0.120. The molecule has 0 aliphatic carbocycles. The number of benzene rings is 1. The van der Waals surface area contributed by atoms with E-state index in [1.807, 2.05) is 44.4 Å². The highest BCUT2D eigenvalue weighted by Crippen LogP contribution is 2.31. The Morgan fingerprint density at radius 3 is 2.36 bits per heavy atom. The molecule has 0 saturated carbocycles. The van der Waals surface area contributed by atoms with Gasteiger partial charge in [-0.25, -0.2) is 9.97 Å². The van der Waals surface area contributed by atoms with Crippen LogP contribution in [0.2, 0.25) is 5.02 Å². The number of aromatic nitrogens is 5. The summed E-state index contributed by atoms with van der Waals surface area (Å²) in [6.45, 7) is 8.41. The van der Waals surface area contributed by atoms with Gasteiger partial charge in [-0.2, -0.15) is 0 Å². The topological polar surface area (TPSA) is 59.7 Å². The molecule has 1 aromatic carbocycles. The van der Waals surface area contributed by atoms with Gasteiger partial charge < -0.3 is 0 Å². The average molecular weight is 417 g/mol. The van der Waals surface area contributed by atoms with Gasteiger partial charge in [0.25, 0.3) is 0 Å². The Labute approximate surface area is 175 Å². The van der Waals surface area contributed by atoms with E-state index in [1.54, 1.807) is 6.20 Å². The zero-order chi connectivity index (χ0) is 20.5. The van der Waals surface area contributed by atoms with Gasteiger partial charge in [0, 0.05) is 22.3 Å². The molecular formula is C20H25ClN6S. The maximum atomic E-state index is 6.08. The van der Waals surface area contributed by atoms with Gasteiger partial charge in [0.1, 0.15) is 10.9 Å². The Hall–Kier alpha value is -1.96. The number of nitrogens with zero attached hydrogens (tertiary/aromatic N) is 6. The molecule has 1 atom stereocenters. The van der Waals surface area contributed by atoms with Crippen LogP contribution in [-0.4, -0.2) is 43.7 Å². The Morgan fingerprint density at radius 1 is 1.07 bits per heavy atom. The van der Waals surface area contributed by atoms with Gasteiger partial charge >= 0.3 is 0 Å². The molecule has 1 unspecified atom stereocenters. The van der Waals surface area contributed by atoms with E-state index >= 15 is 0 Å². The average Bonchev–Trinajstić information content (AvgIpc) is 3.04. The molecule has 2 heterocycles. The molecule has 3 rings (SSSR count). The van der Waals surface area contributed by atoms with E-state index < -0.39 is 0 Å². The van der Waals surface area contributed by atoms with E-state index in [1.165, 1.54) is 11.8 Å². The van der Waals surface area contributed by atoms with Gasteiger partial charge in [-0.3, -0.25) is 9.47 Å². The zero-order valence-electron chi connectivity index (χ0n) is 17.0. The summed E-state index contributed by atoms with van der Waals surface area (Å²) in [6, 6.07) is 9.68. The molecule has 0 aliphatic heterocycles. The Bertz CT molecular complexity index is 946. The van der Waals surface area contributed by atoms with Crippen LogP contribution in [0.3, 0.4) is 0 Å². The smallest absolute Gasteiger partial charge is 0.202 e. The summed E-state index contributed by atoms with van der Waals surface area (Å²) in [6.07, 6.45) is 1.79. The summed E-state index contributed by atoms with van der Waals surface area (Å²) >= 11 is 7.56. The minimum Gasteiger partial charge on any atom is -0.300 e. The van der Waals surface area contributed by atoms with Crippen molar-refractivity contribution in [3.8, 4) is 5.69 Å². The number of halogens is 1. The molecule has 0 N–H and O–H groups in total. The van der Waals surface area contributed by atoms with Crippen molar-refractivity contribution in [3.05, 3.63) is 53.2 Å². The second kappa shape index (κ2) is 8.19. The molecule has 6 nitrogen and oxygen atoms in total. The van der Waals surface area contributed by atoms with Crippen molar-refractivity contribution in [2.45, 2.75) is 49.3 Å². The molecule has 0 aliphatic rings. The SMILES string of the molecule is CC(c1nnc(Sc2ccnc(C(C)(C)C)n2)n1-c1ccc(Cl)cc1)N(C)C. The van der Waals surface area contributed by atoms with E-state index in [4.69, 9.17) is 16.6 Å². The van der Waals surface area contributed by atoms with Crippen LogP contribution in [0.1, 0.15) is 45.4 Å². The first-order valence-electron chi connectivity index (χ1n) is 9.06. The summed E-state index contributed by atoms with van der Waals surface area (Å²) in [5, 5.41) is 11.2. The molecule has 148 valence electrons. The van der Waals surface area contributed by atoms with E-state index in [0.717, 1.165) is 27.5 Å². The highest BCUT2D eigenvalue weighted by Gasteiger charge is 2.23. The van der Waals surface area contributed by atoms with Crippen LogP contribution in [0.25, 0.3) is 5.69 Å². The third-order valence-corrected chi connectivity index (χ3v) is 5.52. The molecule has 28 heavy (non-hydrogen) atoms. The Morgan fingerprint density at radius 2 is 1.75 bits per heavy atom. The summed E-state index contributed by atoms with van der Waals surface area (Å²) in [5.74, 6) is 1.66. The molecule has 2 aromatic heterocycles. The van der Waals surface area contributed by atoms with Crippen LogP contribution < -0.4 is 0 Å². The zero-order valence-corrected chi connectivity index (χ0v) is 18.6. The van der Waals surface area contributed by atoms with Crippen LogP contribution in [0, 0.1) is 0 Å². The largest absolute Gasteiger partial charge is 0.300 e. The van der Waals surface area contributed by atoms with Crippen LogP contribution in [-0.2, 0) is 5.41 Å². The van der Waals surface area contributed by atoms with Gasteiger partial charge in [-0.05, 0) is 63.1 Å². The van der Waals surface area contributed by atoms with Crippen LogP contribution in [0.5, 0.6) is 0 Å². The second-order valence-corrected chi connectivity index (χ2v) is 9.29. The second-order valence-electron chi connectivity index (χ2n) is 7.86. The maximum Gasteiger partial charge on any atom is 0.202 e. The molecule has 8 heteroatoms. The van der Waals surface area contributed by atoms with E-state index in [0.29, 0.717) is 5.02 Å². The predicted molar refractivity (Wildman–Crippen MR) is 113 cm³/mol. The lowest BCUT2D eigenvalue weighted by atomic mass is 9.96. The lowest BCUT2D eigenvalue weighted by Crippen LogP contribution is -2.20. The van der Waals surface area contributed by atoms with Crippen LogP contribution in [0.4, 0.5) is 0 Å². The predicted octanol–water partition coefficient (Wildman–Crippen LogP) is 4.78. The van der Waals surface area contributed by atoms with Gasteiger partial charge in [-0.15, -0.1) is 10.2 Å². The molecule has 3 aromatic rings. The van der Waals surface area contributed by atoms with Crippen LogP contribution >= 0.6 is 23.4 Å². The summed E-state index contributed by atoms with van der Waals surface area (Å²) in [7, 11) is 4.05. The molecule has 0 radical (unpaired) electrons. The first kappa shape index (κ1) is 20.8. The van der Waals surface area contributed by atoms with E-state index in [-0.39, 0.29) is 11.5 Å². The van der Waals surface area contributed by atoms with Crippen molar-refractivity contribution in [1.29, 1.82) is 0 Å². The summed E-state index contributed by atoms with van der Waals surface area (Å²) in [5.41, 5.74) is 0.844. The normalized spacial score (nSPS) is 13.1. The standard InChI is InChI=1S/C20H25ClN6S/c1-13(26(5)6)17-24-25-19(27(17)15-9-7-14(21)8-10-15)28-16-11-12-22-18(23-16)20(2,3)4/h7-13H,1-6H3. The number of hydrogen-bond acceptors (Lipinski definition) is 6. The van der Waals surface area contributed by atoms with Crippen molar-refractivity contribution in [1.82, 2.24) is 29.6 Å². The fourth-order valence-electron chi connectivity index (χ4n) is 2.54. The van der Waals surface area contributed by atoms with Crippen molar-refractivity contribution in [2.75, 3.05) is 14.1 Å². The van der Waals surface area contributed by atoms with Crippen molar-refractivity contribution in [2.24, 2.45) is 0 Å². The monoisotopic (exact) mass is 416 g/mol. The minimum absolute atomic E-state index is 0.0908. The van der Waals surface area contributed by atoms with Crippen molar-refractivity contribution < 1.29 is 0 Å². The third kappa shape index (κ3) is 4.54. The number of rotatable bonds is 5. The van der Waals surface area contributed by atoms with Crippen molar-refractivity contribution >= 4 is 23.4 Å². The Balaban J connectivity index is 2.05. The lowest BCUT2D eigenvalue weighted by molar-refractivity contribution is 0.305. The molecule has 0 saturated heterocycles. The first-order valence-corrected chi connectivity index (χ1v) is 10.3. The lowest BCUT2D eigenvalue weighted by Gasteiger charge is -2.20. The number of hydrogen-bond donors (Lipinski definition) is 0. The third-order valence-electron chi connectivity index (χ3n) is 4.39. The molecule has 0 fully saturated rings. The fraction of sp³-hybridized carbons (Fsp3) is 0.400. The van der Waals surface area contributed by atoms with Gasteiger partial charge in [-0.1, -0.05) is 32.4 Å². The molecule has 0 amide bonds. The van der Waals surface area contributed by atoms with Crippen LogP contribution in [0.15, 0.2) is 46.7 Å². The maximum absolute atomic E-state index is 6.08. The first-order chi connectivity index (χ1) is 13.2. The Kier molecular flexibility index (Phi) is 6.07. The van der Waals surface area contributed by atoms with Gasteiger partial charge in [0.2, 0.25) is 5.16 Å². The molecule has 0 bridgehead atoms. The van der Waals surface area contributed by atoms with Gasteiger partial charge in [0.15, 0.2) is 5.82 Å². The summed E-state index contributed by atoms with van der Waals surface area (Å²) < 4.78 is 2.06. The van der Waals surface area contributed by atoms with E-state index in [9.17, 15) is 0 Å². The highest BCUT2D eigenvalue weighted by atomic mass is 35.5. The quantitative estimate of drug-likeness (QED) is 0.557. The molecule has 0 spiro atoms.